The predicted octanol–water partition coefficient (Wildman–Crippen LogP) is 8.34. The molecule has 2 aliphatic carbocycles. The van der Waals surface area contributed by atoms with E-state index in [2.05, 4.69) is 146 Å². The van der Waals surface area contributed by atoms with Crippen LogP contribution in [0.5, 0.6) is 0 Å². The van der Waals surface area contributed by atoms with Gasteiger partial charge in [-0.15, -0.1) is 0 Å². The molecule has 6 aromatic rings. The van der Waals surface area contributed by atoms with Crippen LogP contribution >= 0.6 is 0 Å². The number of benzene rings is 6. The molecule has 0 aliphatic heterocycles. The Morgan fingerprint density at radius 3 is 0.465 bits per heavy atom. The number of fused-ring (bicyclic) bond motifs is 12. The zero-order valence-electron chi connectivity index (χ0n) is 24.0. The summed E-state index contributed by atoms with van der Waals surface area (Å²) in [7, 11) is 0. The van der Waals surface area contributed by atoms with Gasteiger partial charge in [0.2, 0.25) is 0 Å². The first-order chi connectivity index (χ1) is 20.7. The maximum absolute atomic E-state index is 3.54. The minimum Gasteiger partial charge on any atom is -0.176 e. The summed E-state index contributed by atoms with van der Waals surface area (Å²) in [5, 5.41) is 0. The fourth-order valence-corrected chi connectivity index (χ4v) is 5.89. The van der Waals surface area contributed by atoms with Crippen LogP contribution < -0.4 is 0 Å². The Balaban J connectivity index is 0.000000150. The van der Waals surface area contributed by atoms with Crippen molar-refractivity contribution >= 4 is 0 Å². The number of rotatable bonds is 0. The van der Waals surface area contributed by atoms with Gasteiger partial charge >= 0.3 is 0 Å². The Kier molecular flexibility index (Phi) is 9.16. The molecule has 0 saturated heterocycles. The molecular weight excluding hydrogens is 700 g/mol. The Bertz CT molecular complexity index is 1390. The van der Waals surface area contributed by atoms with Crippen LogP contribution in [0, 0.1) is 36.4 Å². The van der Waals surface area contributed by atoms with Gasteiger partial charge in [0.15, 0.2) is 0 Å². The summed E-state index contributed by atoms with van der Waals surface area (Å²) < 4.78 is 0. The summed E-state index contributed by atoms with van der Waals surface area (Å²) in [5.41, 5.74) is 14.8. The van der Waals surface area contributed by atoms with E-state index in [1.807, 2.05) is 0 Å². The van der Waals surface area contributed by atoms with E-state index in [1.54, 1.807) is 0 Å². The molecule has 12 bridgehead atoms. The first-order valence-corrected chi connectivity index (χ1v) is 14.7. The molecular formula is C42H30Pt-6. The molecule has 2 aliphatic rings. The summed E-state index contributed by atoms with van der Waals surface area (Å²) in [5.74, 6) is 0. The molecule has 0 amide bonds. The summed E-state index contributed by atoms with van der Waals surface area (Å²) in [6.07, 6.45) is 5.41. The van der Waals surface area contributed by atoms with Crippen molar-refractivity contribution in [3.8, 4) is 0 Å². The van der Waals surface area contributed by atoms with E-state index in [9.17, 15) is 0 Å². The largest absolute Gasteiger partial charge is 0.176 e. The fraction of sp³-hybridized carbons (Fsp3) is 0.143. The average Bonchev–Trinajstić information content (AvgIpc) is 2.98. The number of hydrogen-bond donors (Lipinski definition) is 0. The van der Waals surface area contributed by atoms with Crippen molar-refractivity contribution in [2.24, 2.45) is 0 Å². The van der Waals surface area contributed by atoms with Crippen molar-refractivity contribution in [2.75, 3.05) is 0 Å². The van der Waals surface area contributed by atoms with Crippen LogP contribution in [0.25, 0.3) is 0 Å². The Hall–Kier alpha value is -3.99. The topological polar surface area (TPSA) is 0 Å². The zero-order valence-corrected chi connectivity index (χ0v) is 26.2. The molecule has 8 rings (SSSR count). The zero-order chi connectivity index (χ0) is 28.1. The van der Waals surface area contributed by atoms with E-state index in [4.69, 9.17) is 0 Å². The monoisotopic (exact) mass is 729 g/mol. The van der Waals surface area contributed by atoms with Crippen LogP contribution in [-0.4, -0.2) is 0 Å². The summed E-state index contributed by atoms with van der Waals surface area (Å²) in [6, 6.07) is 59.8. The molecule has 0 heterocycles. The molecule has 0 aromatic heterocycles. The van der Waals surface area contributed by atoms with Crippen molar-refractivity contribution < 1.29 is 21.1 Å². The second-order valence-electron chi connectivity index (χ2n) is 11.3. The number of hydrogen-bond acceptors (Lipinski definition) is 0. The van der Waals surface area contributed by atoms with Crippen LogP contribution in [0.2, 0.25) is 0 Å². The van der Waals surface area contributed by atoms with Crippen LogP contribution in [-0.2, 0) is 59.6 Å². The van der Waals surface area contributed by atoms with E-state index >= 15 is 0 Å². The van der Waals surface area contributed by atoms with Gasteiger partial charge in [-0.25, -0.2) is 0 Å². The molecule has 0 unspecified atom stereocenters. The SMILES string of the molecule is [Pt].[c-]1c2cccc1Cc1[c-]c(ccc1)Cc1[c-]c(ccc1)C2.[c-]1c2cccc1Cc1[c-]c(ccc1)Cc1[c-]c(ccc1)C2. The molecule has 214 valence electrons. The van der Waals surface area contributed by atoms with Crippen LogP contribution in [0.15, 0.2) is 109 Å². The van der Waals surface area contributed by atoms with Gasteiger partial charge in [0, 0.05) is 21.1 Å². The van der Waals surface area contributed by atoms with Gasteiger partial charge in [-0.3, -0.25) is 0 Å². The molecule has 43 heavy (non-hydrogen) atoms. The summed E-state index contributed by atoms with van der Waals surface area (Å²) >= 11 is 0. The van der Waals surface area contributed by atoms with Crippen molar-refractivity contribution in [1.82, 2.24) is 0 Å². The average molecular weight is 730 g/mol. The van der Waals surface area contributed by atoms with Gasteiger partial charge in [-0.2, -0.15) is 212 Å². The second-order valence-corrected chi connectivity index (χ2v) is 11.3. The third-order valence-corrected chi connectivity index (χ3v) is 7.78. The Morgan fingerprint density at radius 2 is 0.349 bits per heavy atom. The van der Waals surface area contributed by atoms with E-state index in [-0.39, 0.29) is 21.1 Å². The molecule has 6 aromatic carbocycles. The van der Waals surface area contributed by atoms with E-state index in [1.165, 1.54) is 66.8 Å². The van der Waals surface area contributed by atoms with E-state index in [0.29, 0.717) is 0 Å². The Labute approximate surface area is 270 Å². The van der Waals surface area contributed by atoms with Gasteiger partial charge in [-0.1, -0.05) is 0 Å². The molecule has 1 heteroatoms. The van der Waals surface area contributed by atoms with Crippen LogP contribution in [0.1, 0.15) is 66.8 Å². The third kappa shape index (κ3) is 7.70. The smallest absolute Gasteiger partial charge is 0 e. The molecule has 0 N–H and O–H groups in total. The van der Waals surface area contributed by atoms with Gasteiger partial charge in [0.1, 0.15) is 0 Å². The standard InChI is InChI=1S/2C21H15.Pt/c2*1-4-16-10-17(5-1)14-19-7-3-9-21(12-19)15-20-8-2-6-18(11-20)13-16;/h2*1-9H,13-15H2;/q2*-3;. The first kappa shape index (κ1) is 29.1. The van der Waals surface area contributed by atoms with Crippen molar-refractivity contribution in [3.63, 3.8) is 0 Å². The maximum atomic E-state index is 3.54. The maximum Gasteiger partial charge on any atom is 0 e. The summed E-state index contributed by atoms with van der Waals surface area (Å²) in [4.78, 5) is 0. The summed E-state index contributed by atoms with van der Waals surface area (Å²) in [6.45, 7) is 0. The molecule has 0 radical (unpaired) electrons. The second kappa shape index (κ2) is 13.5. The minimum absolute atomic E-state index is 0. The van der Waals surface area contributed by atoms with Gasteiger partial charge in [-0.05, 0) is 38.5 Å². The quantitative estimate of drug-likeness (QED) is 0.138. The first-order valence-electron chi connectivity index (χ1n) is 14.7. The van der Waals surface area contributed by atoms with Gasteiger partial charge in [0.05, 0.1) is 0 Å². The fourth-order valence-electron chi connectivity index (χ4n) is 5.89. The van der Waals surface area contributed by atoms with Crippen molar-refractivity contribution in [2.45, 2.75) is 38.5 Å². The third-order valence-electron chi connectivity index (χ3n) is 7.78. The molecule has 0 saturated carbocycles. The van der Waals surface area contributed by atoms with Gasteiger partial charge in [0.25, 0.3) is 0 Å². The Morgan fingerprint density at radius 1 is 0.233 bits per heavy atom. The normalized spacial score (nSPS) is 12.8. The van der Waals surface area contributed by atoms with Crippen molar-refractivity contribution in [1.29, 1.82) is 0 Å². The minimum atomic E-state index is 0. The van der Waals surface area contributed by atoms with Crippen molar-refractivity contribution in [3.05, 3.63) is 212 Å². The predicted molar refractivity (Wildman–Crippen MR) is 169 cm³/mol. The van der Waals surface area contributed by atoms with E-state index < -0.39 is 0 Å². The van der Waals surface area contributed by atoms with Gasteiger partial charge < -0.3 is 0 Å². The van der Waals surface area contributed by atoms with Crippen LogP contribution in [0.4, 0.5) is 0 Å². The molecule has 0 fully saturated rings. The molecule has 0 spiro atoms. The molecule has 0 nitrogen and oxygen atoms in total. The molecule has 0 atom stereocenters. The van der Waals surface area contributed by atoms with Crippen LogP contribution in [0.3, 0.4) is 0 Å². The van der Waals surface area contributed by atoms with E-state index in [0.717, 1.165) is 38.5 Å².